The van der Waals surface area contributed by atoms with Gasteiger partial charge in [-0.1, -0.05) is 19.1 Å². The van der Waals surface area contributed by atoms with Gasteiger partial charge in [-0.05, 0) is 42.3 Å². The predicted octanol–water partition coefficient (Wildman–Crippen LogP) is 2.98. The molecule has 5 heteroatoms. The molecule has 0 aliphatic carbocycles. The molecule has 3 N–H and O–H groups in total. The fourth-order valence-corrected chi connectivity index (χ4v) is 2.57. The van der Waals surface area contributed by atoms with E-state index in [2.05, 4.69) is 18.3 Å². The molecule has 0 saturated carbocycles. The molecular weight excluding hydrogens is 272 g/mol. The fourth-order valence-electron chi connectivity index (χ4n) is 1.91. The Morgan fingerprint density at radius 2 is 1.90 bits per heavy atom. The Balaban J connectivity index is 2.30. The van der Waals surface area contributed by atoms with Gasteiger partial charge in [0.1, 0.15) is 0 Å². The van der Waals surface area contributed by atoms with Crippen molar-refractivity contribution in [1.29, 1.82) is 0 Å². The number of rotatable bonds is 4. The highest BCUT2D eigenvalue weighted by Crippen LogP contribution is 2.26. The van der Waals surface area contributed by atoms with E-state index in [9.17, 15) is 8.42 Å². The van der Waals surface area contributed by atoms with E-state index in [1.54, 1.807) is 12.1 Å². The van der Waals surface area contributed by atoms with Gasteiger partial charge in [0.05, 0.1) is 16.3 Å². The fraction of sp³-hybridized carbons (Fsp3) is 0.200. The molecular formula is C15H18N2O2S. The average molecular weight is 290 g/mol. The van der Waals surface area contributed by atoms with Crippen molar-refractivity contribution < 1.29 is 8.42 Å². The molecule has 4 nitrogen and oxygen atoms in total. The van der Waals surface area contributed by atoms with Gasteiger partial charge in [-0.25, -0.2) is 8.42 Å². The quantitative estimate of drug-likeness (QED) is 0.849. The zero-order valence-electron chi connectivity index (χ0n) is 11.6. The van der Waals surface area contributed by atoms with Gasteiger partial charge in [-0.2, -0.15) is 0 Å². The van der Waals surface area contributed by atoms with E-state index < -0.39 is 9.84 Å². The highest BCUT2D eigenvalue weighted by atomic mass is 32.2. The van der Waals surface area contributed by atoms with Gasteiger partial charge in [0.15, 0.2) is 9.84 Å². The second-order valence-electron chi connectivity index (χ2n) is 4.70. The number of nitrogens with one attached hydrogen (secondary N) is 1. The molecule has 0 saturated heterocycles. The van der Waals surface area contributed by atoms with Crippen LogP contribution >= 0.6 is 0 Å². The molecule has 2 rings (SSSR count). The molecule has 0 spiro atoms. The number of sulfone groups is 1. The zero-order valence-corrected chi connectivity index (χ0v) is 12.4. The van der Waals surface area contributed by atoms with E-state index in [0.29, 0.717) is 11.4 Å². The molecule has 20 heavy (non-hydrogen) atoms. The van der Waals surface area contributed by atoms with Crippen LogP contribution in [0, 0.1) is 0 Å². The van der Waals surface area contributed by atoms with E-state index in [-0.39, 0.29) is 4.90 Å². The molecule has 0 unspecified atom stereocenters. The summed E-state index contributed by atoms with van der Waals surface area (Å²) in [6.45, 7) is 2.09. The summed E-state index contributed by atoms with van der Waals surface area (Å²) in [5, 5.41) is 3.21. The van der Waals surface area contributed by atoms with Gasteiger partial charge >= 0.3 is 0 Å². The second-order valence-corrected chi connectivity index (χ2v) is 6.72. The maximum absolute atomic E-state index is 11.5. The highest BCUT2D eigenvalue weighted by Gasteiger charge is 2.09. The molecule has 0 amide bonds. The van der Waals surface area contributed by atoms with E-state index in [1.807, 2.05) is 18.2 Å². The standard InChI is InChI=1S/C15H18N2O2S/c1-3-11-5-4-6-12(9-11)17-15-8-7-13(10-14(15)16)20(2,18)19/h4-10,17H,3,16H2,1-2H3. The molecule has 0 aliphatic rings. The first-order valence-electron chi connectivity index (χ1n) is 6.35. The summed E-state index contributed by atoms with van der Waals surface area (Å²) in [5.74, 6) is 0. The van der Waals surface area contributed by atoms with Gasteiger partial charge < -0.3 is 11.1 Å². The molecule has 0 fully saturated rings. The lowest BCUT2D eigenvalue weighted by atomic mass is 10.1. The van der Waals surface area contributed by atoms with Gasteiger partial charge in [0.2, 0.25) is 0 Å². The third-order valence-corrected chi connectivity index (χ3v) is 4.18. The van der Waals surface area contributed by atoms with E-state index >= 15 is 0 Å². The van der Waals surface area contributed by atoms with E-state index in [0.717, 1.165) is 12.1 Å². The minimum Gasteiger partial charge on any atom is -0.397 e. The van der Waals surface area contributed by atoms with Crippen LogP contribution in [0.1, 0.15) is 12.5 Å². The number of hydrogen-bond donors (Lipinski definition) is 2. The Kier molecular flexibility index (Phi) is 3.99. The topological polar surface area (TPSA) is 72.2 Å². The lowest BCUT2D eigenvalue weighted by Gasteiger charge is -2.11. The van der Waals surface area contributed by atoms with Crippen LogP contribution in [0.5, 0.6) is 0 Å². The molecule has 0 bridgehead atoms. The molecule has 2 aromatic rings. The van der Waals surface area contributed by atoms with Crippen LogP contribution in [-0.2, 0) is 16.3 Å². The lowest BCUT2D eigenvalue weighted by Crippen LogP contribution is -2.01. The first-order chi connectivity index (χ1) is 9.40. The summed E-state index contributed by atoms with van der Waals surface area (Å²) in [4.78, 5) is 0.225. The highest BCUT2D eigenvalue weighted by molar-refractivity contribution is 7.90. The summed E-state index contributed by atoms with van der Waals surface area (Å²) in [5.41, 5.74) is 9.18. The van der Waals surface area contributed by atoms with Crippen molar-refractivity contribution in [2.24, 2.45) is 0 Å². The molecule has 0 radical (unpaired) electrons. The van der Waals surface area contributed by atoms with Gasteiger partial charge in [0.25, 0.3) is 0 Å². The second kappa shape index (κ2) is 5.54. The number of nitrogen functional groups attached to an aromatic ring is 1. The summed E-state index contributed by atoms with van der Waals surface area (Å²) < 4.78 is 22.9. The maximum Gasteiger partial charge on any atom is 0.175 e. The van der Waals surface area contributed by atoms with E-state index in [4.69, 9.17) is 5.73 Å². The van der Waals surface area contributed by atoms with Crippen molar-refractivity contribution >= 4 is 26.9 Å². The minimum absolute atomic E-state index is 0.225. The number of benzene rings is 2. The van der Waals surface area contributed by atoms with Crippen LogP contribution in [0.2, 0.25) is 0 Å². The lowest BCUT2D eigenvalue weighted by molar-refractivity contribution is 0.602. The average Bonchev–Trinajstić information content (AvgIpc) is 2.40. The van der Waals surface area contributed by atoms with Crippen molar-refractivity contribution in [1.82, 2.24) is 0 Å². The zero-order chi connectivity index (χ0) is 14.8. The smallest absolute Gasteiger partial charge is 0.175 e. The van der Waals surface area contributed by atoms with Crippen molar-refractivity contribution in [3.63, 3.8) is 0 Å². The van der Waals surface area contributed by atoms with Crippen LogP contribution in [0.15, 0.2) is 47.4 Å². The Labute approximate surface area is 119 Å². The molecule has 106 valence electrons. The normalized spacial score (nSPS) is 11.3. The number of hydrogen-bond acceptors (Lipinski definition) is 4. The summed E-state index contributed by atoms with van der Waals surface area (Å²) in [6.07, 6.45) is 2.12. The first-order valence-corrected chi connectivity index (χ1v) is 8.25. The molecule has 0 aliphatic heterocycles. The first kappa shape index (κ1) is 14.4. The number of aryl methyl sites for hydroxylation is 1. The van der Waals surface area contributed by atoms with Crippen LogP contribution in [0.25, 0.3) is 0 Å². The molecule has 0 heterocycles. The third kappa shape index (κ3) is 3.30. The molecule has 2 aromatic carbocycles. The Hall–Kier alpha value is -2.01. The van der Waals surface area contributed by atoms with Crippen LogP contribution < -0.4 is 11.1 Å². The van der Waals surface area contributed by atoms with Crippen molar-refractivity contribution in [2.45, 2.75) is 18.2 Å². The molecule has 0 aromatic heterocycles. The van der Waals surface area contributed by atoms with Crippen LogP contribution in [-0.4, -0.2) is 14.7 Å². The number of nitrogens with two attached hydrogens (primary N) is 1. The Morgan fingerprint density at radius 1 is 1.15 bits per heavy atom. The van der Waals surface area contributed by atoms with Gasteiger partial charge in [-0.3, -0.25) is 0 Å². The van der Waals surface area contributed by atoms with Gasteiger partial charge in [-0.15, -0.1) is 0 Å². The predicted molar refractivity (Wildman–Crippen MR) is 83.1 cm³/mol. The monoisotopic (exact) mass is 290 g/mol. The SMILES string of the molecule is CCc1cccc(Nc2ccc(S(C)(=O)=O)cc2N)c1. The van der Waals surface area contributed by atoms with Gasteiger partial charge in [0, 0.05) is 11.9 Å². The third-order valence-electron chi connectivity index (χ3n) is 3.07. The minimum atomic E-state index is -3.23. The summed E-state index contributed by atoms with van der Waals surface area (Å²) in [6, 6.07) is 12.7. The maximum atomic E-state index is 11.5. The van der Waals surface area contributed by atoms with Crippen molar-refractivity contribution in [3.8, 4) is 0 Å². The Bertz CT molecular complexity index is 724. The van der Waals surface area contributed by atoms with E-state index in [1.165, 1.54) is 17.9 Å². The van der Waals surface area contributed by atoms with Crippen LogP contribution in [0.4, 0.5) is 17.1 Å². The summed E-state index contributed by atoms with van der Waals surface area (Å²) in [7, 11) is -3.23. The van der Waals surface area contributed by atoms with Crippen molar-refractivity contribution in [2.75, 3.05) is 17.3 Å². The summed E-state index contributed by atoms with van der Waals surface area (Å²) >= 11 is 0. The van der Waals surface area contributed by atoms with Crippen LogP contribution in [0.3, 0.4) is 0 Å². The largest absolute Gasteiger partial charge is 0.397 e. The molecule has 0 atom stereocenters. The number of anilines is 3. The Morgan fingerprint density at radius 3 is 2.50 bits per heavy atom. The van der Waals surface area contributed by atoms with Crippen molar-refractivity contribution in [3.05, 3.63) is 48.0 Å².